The van der Waals surface area contributed by atoms with Gasteiger partial charge in [-0.05, 0) is 78.3 Å². The molecule has 0 fully saturated rings. The molecule has 0 aliphatic rings. The van der Waals surface area contributed by atoms with E-state index in [1.807, 2.05) is 57.2 Å². The molecule has 0 aliphatic carbocycles. The smallest absolute Gasteiger partial charge is 0.255 e. The van der Waals surface area contributed by atoms with Gasteiger partial charge in [0.25, 0.3) is 5.91 Å². The summed E-state index contributed by atoms with van der Waals surface area (Å²) in [6.45, 7) is 6.01. The van der Waals surface area contributed by atoms with Gasteiger partial charge in [-0.1, -0.05) is 18.2 Å². The van der Waals surface area contributed by atoms with E-state index < -0.39 is 0 Å². The van der Waals surface area contributed by atoms with Crippen LogP contribution in [0, 0.1) is 24.3 Å². The third kappa shape index (κ3) is 2.97. The maximum absolute atomic E-state index is 12.3. The summed E-state index contributed by atoms with van der Waals surface area (Å²) in [4.78, 5) is 12.3. The number of anilines is 1. The van der Waals surface area contributed by atoms with Crippen molar-refractivity contribution in [3.05, 3.63) is 62.2 Å². The third-order valence-corrected chi connectivity index (χ3v) is 4.53. The minimum atomic E-state index is -0.0497. The van der Waals surface area contributed by atoms with E-state index in [2.05, 4.69) is 27.9 Å². The van der Waals surface area contributed by atoms with Crippen LogP contribution in [-0.4, -0.2) is 5.91 Å². The maximum Gasteiger partial charge on any atom is 0.255 e. The number of carbonyl (C=O) groups excluding carboxylic acids is 1. The van der Waals surface area contributed by atoms with Crippen LogP contribution in [0.3, 0.4) is 0 Å². The molecule has 98 valence electrons. The van der Waals surface area contributed by atoms with Gasteiger partial charge in [-0.15, -0.1) is 0 Å². The number of hydrogen-bond acceptors (Lipinski definition) is 1. The molecule has 2 rings (SSSR count). The van der Waals surface area contributed by atoms with Gasteiger partial charge < -0.3 is 5.32 Å². The van der Waals surface area contributed by atoms with Gasteiger partial charge in [0.2, 0.25) is 0 Å². The van der Waals surface area contributed by atoms with E-state index in [1.54, 1.807) is 0 Å². The molecule has 0 saturated carbocycles. The second-order valence-corrected chi connectivity index (χ2v) is 5.78. The first-order chi connectivity index (χ1) is 9.00. The van der Waals surface area contributed by atoms with Crippen LogP contribution in [-0.2, 0) is 0 Å². The largest absolute Gasteiger partial charge is 0.322 e. The lowest BCUT2D eigenvalue weighted by atomic mass is 10.0. The molecule has 0 aliphatic heterocycles. The number of amides is 1. The highest BCUT2D eigenvalue weighted by Gasteiger charge is 2.11. The van der Waals surface area contributed by atoms with E-state index in [1.165, 1.54) is 0 Å². The monoisotopic (exact) mass is 365 g/mol. The Morgan fingerprint density at radius 2 is 1.68 bits per heavy atom. The number of nitrogens with one attached hydrogen (secondary N) is 1. The van der Waals surface area contributed by atoms with Crippen molar-refractivity contribution in [2.45, 2.75) is 20.8 Å². The second-order valence-electron chi connectivity index (χ2n) is 4.61. The predicted molar refractivity (Wildman–Crippen MR) is 87.8 cm³/mol. The number of rotatable bonds is 2. The van der Waals surface area contributed by atoms with Crippen LogP contribution in [0.1, 0.15) is 27.0 Å². The number of carbonyl (C=O) groups is 1. The number of halogens is 1. The molecule has 1 amide bonds. The standard InChI is InChI=1S/C16H16INO/c1-10-6-4-7-13(11(10)2)16(19)18-15-9-5-8-14(17)12(15)3/h4-9H,1-3H3,(H,18,19). The third-order valence-electron chi connectivity index (χ3n) is 3.37. The van der Waals surface area contributed by atoms with Crippen molar-refractivity contribution in [1.29, 1.82) is 0 Å². The van der Waals surface area contributed by atoms with Crippen LogP contribution < -0.4 is 5.32 Å². The van der Waals surface area contributed by atoms with Gasteiger partial charge in [0, 0.05) is 14.8 Å². The highest BCUT2D eigenvalue weighted by atomic mass is 127. The van der Waals surface area contributed by atoms with Crippen LogP contribution in [0.2, 0.25) is 0 Å². The average molecular weight is 365 g/mol. The van der Waals surface area contributed by atoms with Gasteiger partial charge >= 0.3 is 0 Å². The van der Waals surface area contributed by atoms with Crippen molar-refractivity contribution in [3.8, 4) is 0 Å². The molecule has 0 heterocycles. The van der Waals surface area contributed by atoms with Crippen molar-refractivity contribution in [3.63, 3.8) is 0 Å². The van der Waals surface area contributed by atoms with Crippen molar-refractivity contribution < 1.29 is 4.79 Å². The van der Waals surface area contributed by atoms with Crippen LogP contribution in [0.5, 0.6) is 0 Å². The first-order valence-electron chi connectivity index (χ1n) is 6.13. The number of benzene rings is 2. The molecule has 0 aromatic heterocycles. The van der Waals surface area contributed by atoms with Crippen LogP contribution in [0.15, 0.2) is 36.4 Å². The normalized spacial score (nSPS) is 10.3. The van der Waals surface area contributed by atoms with Crippen molar-refractivity contribution in [2.75, 3.05) is 5.32 Å². The lowest BCUT2D eigenvalue weighted by molar-refractivity contribution is 0.102. The summed E-state index contributed by atoms with van der Waals surface area (Å²) in [5, 5.41) is 2.99. The quantitative estimate of drug-likeness (QED) is 0.782. The highest BCUT2D eigenvalue weighted by Crippen LogP contribution is 2.22. The highest BCUT2D eigenvalue weighted by molar-refractivity contribution is 14.1. The fraction of sp³-hybridized carbons (Fsp3) is 0.188. The first kappa shape index (κ1) is 14.1. The lowest BCUT2D eigenvalue weighted by Gasteiger charge is -2.12. The zero-order valence-electron chi connectivity index (χ0n) is 11.3. The summed E-state index contributed by atoms with van der Waals surface area (Å²) in [5.41, 5.74) is 4.87. The molecule has 0 unspecified atom stereocenters. The fourth-order valence-electron chi connectivity index (χ4n) is 1.93. The van der Waals surface area contributed by atoms with Crippen LogP contribution in [0.4, 0.5) is 5.69 Å². The molecule has 19 heavy (non-hydrogen) atoms. The summed E-state index contributed by atoms with van der Waals surface area (Å²) >= 11 is 2.27. The molecule has 0 atom stereocenters. The molecule has 1 N–H and O–H groups in total. The van der Waals surface area contributed by atoms with Crippen LogP contribution >= 0.6 is 22.6 Å². The molecule has 0 radical (unpaired) electrons. The fourth-order valence-corrected chi connectivity index (χ4v) is 2.43. The predicted octanol–water partition coefficient (Wildman–Crippen LogP) is 4.47. The summed E-state index contributed by atoms with van der Waals surface area (Å²) < 4.78 is 1.15. The van der Waals surface area contributed by atoms with Gasteiger partial charge in [0.05, 0.1) is 0 Å². The van der Waals surface area contributed by atoms with Gasteiger partial charge in [-0.25, -0.2) is 0 Å². The van der Waals surface area contributed by atoms with Gasteiger partial charge in [0.1, 0.15) is 0 Å². The maximum atomic E-state index is 12.3. The van der Waals surface area contributed by atoms with E-state index >= 15 is 0 Å². The Kier molecular flexibility index (Phi) is 4.24. The minimum Gasteiger partial charge on any atom is -0.322 e. The Morgan fingerprint density at radius 3 is 2.42 bits per heavy atom. The van der Waals surface area contributed by atoms with E-state index in [0.717, 1.165) is 31.5 Å². The lowest BCUT2D eigenvalue weighted by Crippen LogP contribution is -2.14. The molecular weight excluding hydrogens is 349 g/mol. The molecule has 0 bridgehead atoms. The Labute approximate surface area is 127 Å². The van der Waals surface area contributed by atoms with Crippen molar-refractivity contribution in [1.82, 2.24) is 0 Å². The molecule has 3 heteroatoms. The molecule has 0 saturated heterocycles. The zero-order chi connectivity index (χ0) is 14.0. The molecule has 2 nitrogen and oxygen atoms in total. The van der Waals surface area contributed by atoms with Gasteiger partial charge in [0.15, 0.2) is 0 Å². The SMILES string of the molecule is Cc1cccc(C(=O)Nc2cccc(I)c2C)c1C. The average Bonchev–Trinajstić information content (AvgIpc) is 2.38. The summed E-state index contributed by atoms with van der Waals surface area (Å²) in [6, 6.07) is 11.7. The molecular formula is C16H16INO. The van der Waals surface area contributed by atoms with E-state index in [0.29, 0.717) is 0 Å². The number of hydrogen-bond donors (Lipinski definition) is 1. The van der Waals surface area contributed by atoms with Crippen molar-refractivity contribution in [2.24, 2.45) is 0 Å². The second kappa shape index (κ2) is 5.74. The van der Waals surface area contributed by atoms with Gasteiger partial charge in [-0.2, -0.15) is 0 Å². The molecule has 2 aromatic rings. The first-order valence-corrected chi connectivity index (χ1v) is 7.21. The Bertz CT molecular complexity index is 635. The number of aryl methyl sites for hydroxylation is 1. The van der Waals surface area contributed by atoms with E-state index in [-0.39, 0.29) is 5.91 Å². The minimum absolute atomic E-state index is 0.0497. The van der Waals surface area contributed by atoms with E-state index in [4.69, 9.17) is 0 Å². The summed E-state index contributed by atoms with van der Waals surface area (Å²) in [6.07, 6.45) is 0. The molecule has 0 spiro atoms. The summed E-state index contributed by atoms with van der Waals surface area (Å²) in [7, 11) is 0. The Balaban J connectivity index is 2.31. The topological polar surface area (TPSA) is 29.1 Å². The van der Waals surface area contributed by atoms with Crippen LogP contribution in [0.25, 0.3) is 0 Å². The molecule has 2 aromatic carbocycles. The Morgan fingerprint density at radius 1 is 1.00 bits per heavy atom. The van der Waals surface area contributed by atoms with Gasteiger partial charge in [-0.3, -0.25) is 4.79 Å². The summed E-state index contributed by atoms with van der Waals surface area (Å²) in [5.74, 6) is -0.0497. The Hall–Kier alpha value is -1.36. The van der Waals surface area contributed by atoms with E-state index in [9.17, 15) is 4.79 Å². The van der Waals surface area contributed by atoms with Crippen molar-refractivity contribution >= 4 is 34.2 Å². The zero-order valence-corrected chi connectivity index (χ0v) is 13.4.